The smallest absolute Gasteiger partial charge is 0.211 e. The minimum absolute atomic E-state index is 0.324. The van der Waals surface area contributed by atoms with Gasteiger partial charge >= 0.3 is 0 Å². The third kappa shape index (κ3) is 5.68. The van der Waals surface area contributed by atoms with Crippen molar-refractivity contribution in [3.63, 3.8) is 0 Å². The zero-order valence-corrected chi connectivity index (χ0v) is 18.0. The Kier molecular flexibility index (Phi) is 6.95. The highest BCUT2D eigenvalue weighted by Crippen LogP contribution is 2.20. The summed E-state index contributed by atoms with van der Waals surface area (Å²) < 4.78 is 24.9. The Balaban J connectivity index is 1.45. The fourth-order valence-electron chi connectivity index (χ4n) is 4.14. The van der Waals surface area contributed by atoms with Crippen molar-refractivity contribution in [3.8, 4) is 0 Å². The molecule has 8 heteroatoms. The van der Waals surface area contributed by atoms with Gasteiger partial charge in [-0.15, -0.1) is 0 Å². The Morgan fingerprint density at radius 1 is 1.25 bits per heavy atom. The van der Waals surface area contributed by atoms with Crippen molar-refractivity contribution in [2.45, 2.75) is 38.4 Å². The van der Waals surface area contributed by atoms with E-state index < -0.39 is 10.0 Å². The Morgan fingerprint density at radius 2 is 2.00 bits per heavy atom. The van der Waals surface area contributed by atoms with Crippen LogP contribution in [0.15, 0.2) is 35.3 Å². The van der Waals surface area contributed by atoms with Crippen LogP contribution in [0.5, 0.6) is 0 Å². The van der Waals surface area contributed by atoms with Crippen LogP contribution < -0.4 is 10.6 Å². The van der Waals surface area contributed by atoms with Gasteiger partial charge < -0.3 is 10.6 Å². The summed E-state index contributed by atoms with van der Waals surface area (Å²) in [6.07, 6.45) is 3.26. The number of guanidine groups is 1. The molecule has 1 aromatic rings. The van der Waals surface area contributed by atoms with Gasteiger partial charge in [-0.1, -0.05) is 30.3 Å². The third-order valence-electron chi connectivity index (χ3n) is 5.77. The molecule has 2 aliphatic rings. The number of hydrogen-bond donors (Lipinski definition) is 2. The molecule has 2 aliphatic heterocycles. The fourth-order valence-corrected chi connectivity index (χ4v) is 5.05. The summed E-state index contributed by atoms with van der Waals surface area (Å²) in [7, 11) is -1.30. The third-order valence-corrected chi connectivity index (χ3v) is 7.04. The predicted molar refractivity (Wildman–Crippen MR) is 114 cm³/mol. The highest BCUT2D eigenvalue weighted by Gasteiger charge is 2.31. The molecule has 0 radical (unpaired) electrons. The largest absolute Gasteiger partial charge is 0.356 e. The average Bonchev–Trinajstić information content (AvgIpc) is 3.26. The standard InChI is InChI=1S/C20H33N5O2S/c1-16-11-19(15-24(16)13-17-7-5-4-6-8-17)23-20(21-2)22-12-18-9-10-25(14-18)28(3,26)27/h4-8,16,18-19H,9-15H2,1-3H3,(H2,21,22,23). The molecule has 0 saturated carbocycles. The lowest BCUT2D eigenvalue weighted by Gasteiger charge is -2.21. The summed E-state index contributed by atoms with van der Waals surface area (Å²) in [4.78, 5) is 6.86. The monoisotopic (exact) mass is 407 g/mol. The van der Waals surface area contributed by atoms with Gasteiger partial charge in [0.25, 0.3) is 0 Å². The van der Waals surface area contributed by atoms with E-state index in [9.17, 15) is 8.42 Å². The van der Waals surface area contributed by atoms with Gasteiger partial charge in [-0.2, -0.15) is 0 Å². The van der Waals surface area contributed by atoms with Gasteiger partial charge in [0.1, 0.15) is 0 Å². The van der Waals surface area contributed by atoms with Crippen molar-refractivity contribution < 1.29 is 8.42 Å². The molecule has 7 nitrogen and oxygen atoms in total. The summed E-state index contributed by atoms with van der Waals surface area (Å²) in [5, 5.41) is 6.93. The van der Waals surface area contributed by atoms with E-state index in [-0.39, 0.29) is 0 Å². The van der Waals surface area contributed by atoms with Gasteiger partial charge in [0.05, 0.1) is 6.26 Å². The molecule has 2 N–H and O–H groups in total. The van der Waals surface area contributed by atoms with Crippen LogP contribution in [-0.2, 0) is 16.6 Å². The molecule has 3 unspecified atom stereocenters. The molecule has 2 heterocycles. The fraction of sp³-hybridized carbons (Fsp3) is 0.650. The zero-order chi connectivity index (χ0) is 20.1. The van der Waals surface area contributed by atoms with Gasteiger partial charge in [0, 0.05) is 51.9 Å². The lowest BCUT2D eigenvalue weighted by molar-refractivity contribution is 0.258. The van der Waals surface area contributed by atoms with Crippen LogP contribution in [0.4, 0.5) is 0 Å². The van der Waals surface area contributed by atoms with E-state index in [1.165, 1.54) is 11.8 Å². The van der Waals surface area contributed by atoms with E-state index in [1.54, 1.807) is 11.4 Å². The van der Waals surface area contributed by atoms with E-state index in [0.717, 1.165) is 38.4 Å². The lowest BCUT2D eigenvalue weighted by atomic mass is 10.1. The molecular weight excluding hydrogens is 374 g/mol. The molecule has 2 saturated heterocycles. The first-order valence-electron chi connectivity index (χ1n) is 10.1. The van der Waals surface area contributed by atoms with Gasteiger partial charge in [-0.05, 0) is 31.2 Å². The van der Waals surface area contributed by atoms with Crippen molar-refractivity contribution in [1.29, 1.82) is 0 Å². The maximum absolute atomic E-state index is 11.7. The first-order chi connectivity index (χ1) is 13.3. The summed E-state index contributed by atoms with van der Waals surface area (Å²) in [6, 6.07) is 11.5. The topological polar surface area (TPSA) is 77.0 Å². The molecule has 0 aliphatic carbocycles. The van der Waals surface area contributed by atoms with Crippen LogP contribution in [0.25, 0.3) is 0 Å². The van der Waals surface area contributed by atoms with Crippen LogP contribution in [0.3, 0.4) is 0 Å². The second-order valence-electron chi connectivity index (χ2n) is 8.07. The molecule has 3 rings (SSSR count). The zero-order valence-electron chi connectivity index (χ0n) is 17.1. The van der Waals surface area contributed by atoms with E-state index in [1.807, 2.05) is 0 Å². The minimum atomic E-state index is -3.08. The SMILES string of the molecule is CN=C(NCC1CCN(S(C)(=O)=O)C1)NC1CC(C)N(Cc2ccccc2)C1. The van der Waals surface area contributed by atoms with Gasteiger partial charge in [-0.25, -0.2) is 12.7 Å². The number of sulfonamides is 1. The van der Waals surface area contributed by atoms with Gasteiger partial charge in [-0.3, -0.25) is 9.89 Å². The van der Waals surface area contributed by atoms with Crippen LogP contribution in [-0.4, -0.2) is 75.1 Å². The Hall–Kier alpha value is -1.64. The quantitative estimate of drug-likeness (QED) is 0.545. The first kappa shape index (κ1) is 21.1. The normalized spacial score (nSPS) is 27.2. The summed E-state index contributed by atoms with van der Waals surface area (Å²) in [6.45, 7) is 6.18. The maximum Gasteiger partial charge on any atom is 0.211 e. The maximum atomic E-state index is 11.7. The second-order valence-corrected chi connectivity index (χ2v) is 10.1. The first-order valence-corrected chi connectivity index (χ1v) is 11.9. The summed E-state index contributed by atoms with van der Waals surface area (Å²) >= 11 is 0. The summed E-state index contributed by atoms with van der Waals surface area (Å²) in [5.41, 5.74) is 1.34. The number of aliphatic imine (C=N–C) groups is 1. The van der Waals surface area contributed by atoms with Crippen LogP contribution in [0, 0.1) is 5.92 Å². The molecule has 28 heavy (non-hydrogen) atoms. The molecular formula is C20H33N5O2S. The number of likely N-dealkylation sites (tertiary alicyclic amines) is 1. The predicted octanol–water partition coefficient (Wildman–Crippen LogP) is 1.10. The number of hydrogen-bond acceptors (Lipinski definition) is 4. The van der Waals surface area contributed by atoms with E-state index in [0.29, 0.717) is 31.1 Å². The van der Waals surface area contributed by atoms with Crippen LogP contribution in [0.1, 0.15) is 25.3 Å². The Bertz CT molecular complexity index is 768. The van der Waals surface area contributed by atoms with Crippen molar-refractivity contribution in [1.82, 2.24) is 19.8 Å². The van der Waals surface area contributed by atoms with E-state index >= 15 is 0 Å². The number of nitrogens with zero attached hydrogens (tertiary/aromatic N) is 3. The Labute approximate surface area is 169 Å². The van der Waals surface area contributed by atoms with Crippen molar-refractivity contribution >= 4 is 16.0 Å². The number of nitrogens with one attached hydrogen (secondary N) is 2. The van der Waals surface area contributed by atoms with Crippen LogP contribution in [0.2, 0.25) is 0 Å². The molecule has 2 fully saturated rings. The molecule has 0 amide bonds. The van der Waals surface area contributed by atoms with Crippen molar-refractivity contribution in [3.05, 3.63) is 35.9 Å². The van der Waals surface area contributed by atoms with Crippen molar-refractivity contribution in [2.24, 2.45) is 10.9 Å². The molecule has 156 valence electrons. The van der Waals surface area contributed by atoms with Crippen LogP contribution >= 0.6 is 0 Å². The molecule has 0 bridgehead atoms. The molecule has 3 atom stereocenters. The minimum Gasteiger partial charge on any atom is -0.356 e. The Morgan fingerprint density at radius 3 is 2.64 bits per heavy atom. The van der Waals surface area contributed by atoms with E-state index in [4.69, 9.17) is 0 Å². The second kappa shape index (κ2) is 9.24. The van der Waals surface area contributed by atoms with E-state index in [2.05, 4.69) is 57.8 Å². The molecule has 0 aromatic heterocycles. The average molecular weight is 408 g/mol. The highest BCUT2D eigenvalue weighted by molar-refractivity contribution is 7.88. The molecule has 1 aromatic carbocycles. The van der Waals surface area contributed by atoms with Crippen molar-refractivity contribution in [2.75, 3.05) is 39.5 Å². The number of benzene rings is 1. The van der Waals surface area contributed by atoms with Gasteiger partial charge in [0.2, 0.25) is 10.0 Å². The lowest BCUT2D eigenvalue weighted by Crippen LogP contribution is -2.46. The summed E-state index contributed by atoms with van der Waals surface area (Å²) in [5.74, 6) is 1.13. The van der Waals surface area contributed by atoms with Gasteiger partial charge in [0.15, 0.2) is 5.96 Å². The molecule has 0 spiro atoms. The number of rotatable bonds is 6. The highest BCUT2D eigenvalue weighted by atomic mass is 32.2.